The first kappa shape index (κ1) is 80.8. The quantitative estimate of drug-likeness (QED) is 0.0230. The number of nitrogens with one attached hydrogen (secondary N) is 2. The van der Waals surface area contributed by atoms with E-state index in [0.29, 0.717) is 128 Å². The molecule has 1 fully saturated rings. The highest BCUT2D eigenvalue weighted by Crippen LogP contribution is 2.32. The average Bonchev–Trinajstić information content (AvgIpc) is 1.86. The first-order chi connectivity index (χ1) is 44.7. The number of ether oxygens (including phenoxy) is 3. The highest BCUT2D eigenvalue weighted by atomic mass is 32.1. The lowest BCUT2D eigenvalue weighted by Crippen LogP contribution is -2.55. The lowest BCUT2D eigenvalue weighted by molar-refractivity contribution is -0.151. The van der Waals surface area contributed by atoms with Gasteiger partial charge in [0, 0.05) is 58.5 Å². The monoisotopic (exact) mass is 1330 g/mol. The van der Waals surface area contributed by atoms with Gasteiger partial charge >= 0.3 is 5.97 Å². The van der Waals surface area contributed by atoms with Crippen molar-refractivity contribution >= 4 is 71.8 Å². The van der Waals surface area contributed by atoms with Crippen LogP contribution in [0.15, 0.2) is 18.2 Å². The fraction of sp³-hybridized carbons (Fsp3) is 0.746. The number of aliphatic carboxylic acids is 1. The Kier molecular flexibility index (Phi) is 40.5. The van der Waals surface area contributed by atoms with Gasteiger partial charge in [-0.1, -0.05) is 39.2 Å². The summed E-state index contributed by atoms with van der Waals surface area (Å²) >= 11 is 4.09. The molecule has 9 amide bonds. The highest BCUT2D eigenvalue weighted by molar-refractivity contribution is 7.80. The van der Waals surface area contributed by atoms with Crippen molar-refractivity contribution in [3.05, 3.63) is 23.8 Å². The van der Waals surface area contributed by atoms with Crippen LogP contribution < -0.4 is 48.8 Å². The number of unbranched alkanes of at least 4 members (excludes halogenated alkanes) is 5. The molecule has 1 aromatic carbocycles. The number of amides is 9. The van der Waals surface area contributed by atoms with Crippen molar-refractivity contribution in [2.45, 2.75) is 142 Å². The third-order valence-electron chi connectivity index (χ3n) is 15.9. The molecular formula is C63H111N15O14S. The summed E-state index contributed by atoms with van der Waals surface area (Å²) < 4.78 is 16.6. The number of nitrogens with two attached hydrogens (primary N) is 5. The van der Waals surface area contributed by atoms with Gasteiger partial charge in [0.2, 0.25) is 60.0 Å². The minimum absolute atomic E-state index is 0.0452. The lowest BCUT2D eigenvalue weighted by Gasteiger charge is -2.37. The Balaban J connectivity index is 1.89. The third kappa shape index (κ3) is 31.1. The second-order valence-electron chi connectivity index (χ2n) is 24.0. The average molecular weight is 1330 g/mol. The van der Waals surface area contributed by atoms with Crippen LogP contribution in [-0.4, -0.2) is 272 Å². The Morgan fingerprint density at radius 1 is 0.559 bits per heavy atom. The predicted molar refractivity (Wildman–Crippen MR) is 355 cm³/mol. The minimum Gasteiger partial charge on any atom is -0.480 e. The van der Waals surface area contributed by atoms with Crippen molar-refractivity contribution in [2.24, 2.45) is 34.6 Å². The summed E-state index contributed by atoms with van der Waals surface area (Å²) in [4.78, 5) is 152. The second-order valence-corrected chi connectivity index (χ2v) is 24.5. The van der Waals surface area contributed by atoms with Crippen LogP contribution in [0.1, 0.15) is 129 Å². The zero-order valence-corrected chi connectivity index (χ0v) is 56.5. The summed E-state index contributed by atoms with van der Waals surface area (Å²) in [6, 6.07) is 3.94. The smallest absolute Gasteiger partial charge is 0.326 e. The number of carboxylic acid groups (broad SMARTS) is 1. The van der Waals surface area contributed by atoms with Gasteiger partial charge in [0.1, 0.15) is 25.9 Å². The summed E-state index contributed by atoms with van der Waals surface area (Å²) in [7, 11) is 0. The number of fused-ring (bicyclic) bond motifs is 1. The van der Waals surface area contributed by atoms with Crippen LogP contribution in [0.2, 0.25) is 0 Å². The molecule has 1 saturated carbocycles. The van der Waals surface area contributed by atoms with Crippen molar-refractivity contribution in [3.8, 4) is 11.5 Å². The minimum atomic E-state index is -1.26. The molecule has 0 spiro atoms. The number of hydrogen-bond acceptors (Lipinski definition) is 20. The zero-order chi connectivity index (χ0) is 68.5. The standard InChI is InChI=1S/C63H111N15O14S/c1-4-90-46-77(43-59(84)73(30-15-10-25-66)40-56(81)71(28-13-8-23-64)38-54(79)70-51(22-33-93)63(88)89)60(85)41-74(31-16-11-26-67)58(83)42-76(37-48(2)3)61(86)45-78(50-18-6-5-7-19-50)62(87)44-75(32-17-12-27-68)57(82)39-72(29-14-9-24-65)55(80)36-69-35-49-20-21-52-53(34-49)92-47-91-52/h20-21,34,48,50-51,69,93H,4-19,22-33,35-47,64-68H2,1-3H3,(H,70,79)(H,88,89). The molecule has 0 bridgehead atoms. The molecule has 3 rings (SSSR count). The summed E-state index contributed by atoms with van der Waals surface area (Å²) in [6.45, 7) is 4.47. The molecule has 0 saturated heterocycles. The number of carbonyl (C=O) groups excluding carboxylic acids is 9. The van der Waals surface area contributed by atoms with Crippen LogP contribution in [0.5, 0.6) is 11.5 Å². The summed E-state index contributed by atoms with van der Waals surface area (Å²) in [5.41, 5.74) is 30.0. The number of thiol groups is 1. The summed E-state index contributed by atoms with van der Waals surface area (Å²) in [5, 5.41) is 15.2. The Morgan fingerprint density at radius 2 is 0.989 bits per heavy atom. The molecule has 1 atom stereocenters. The molecule has 1 heterocycles. The molecule has 29 nitrogen and oxygen atoms in total. The van der Waals surface area contributed by atoms with Gasteiger partial charge in [-0.2, -0.15) is 12.6 Å². The predicted octanol–water partition coefficient (Wildman–Crippen LogP) is -0.300. The highest BCUT2D eigenvalue weighted by Gasteiger charge is 2.35. The summed E-state index contributed by atoms with van der Waals surface area (Å²) in [6.07, 6.45) is 8.77. The number of benzene rings is 1. The van der Waals surface area contributed by atoms with Crippen LogP contribution in [0.4, 0.5) is 0 Å². The van der Waals surface area contributed by atoms with E-state index in [0.717, 1.165) is 29.7 Å². The van der Waals surface area contributed by atoms with Gasteiger partial charge in [0.05, 0.1) is 45.8 Å². The van der Waals surface area contributed by atoms with Gasteiger partial charge in [0.15, 0.2) is 11.5 Å². The van der Waals surface area contributed by atoms with E-state index in [4.69, 9.17) is 42.9 Å². The van der Waals surface area contributed by atoms with E-state index in [1.54, 1.807) is 13.0 Å². The molecule has 93 heavy (non-hydrogen) atoms. The molecule has 1 aliphatic carbocycles. The number of hydrogen-bond donors (Lipinski definition) is 9. The zero-order valence-electron chi connectivity index (χ0n) is 55.6. The SMILES string of the molecule is CCOCN(CC(=O)N(CCCCN)CC(=O)N(CCCCN)CC(=O)NC(CCS)C(=O)O)C(=O)CN(CCCCN)C(=O)CN(CC(C)C)C(=O)CN(C(=O)CN(CCCCN)C(=O)CN(CCCCN)C(=O)CNCc1ccc2c(c1)OCO2)C1CCCCC1. The van der Waals surface area contributed by atoms with Crippen LogP contribution in [-0.2, 0) is 59.2 Å². The molecular weight excluding hydrogens is 1220 g/mol. The van der Waals surface area contributed by atoms with E-state index in [2.05, 4.69) is 23.3 Å². The van der Waals surface area contributed by atoms with Gasteiger partial charge in [-0.3, -0.25) is 43.2 Å². The topological polar surface area (TPSA) is 399 Å². The van der Waals surface area contributed by atoms with Crippen molar-refractivity contribution < 1.29 is 67.3 Å². The normalized spacial score (nSPS) is 13.1. The van der Waals surface area contributed by atoms with Gasteiger partial charge in [-0.15, -0.1) is 0 Å². The number of carbonyl (C=O) groups is 10. The molecule has 1 aliphatic heterocycles. The third-order valence-corrected chi connectivity index (χ3v) is 16.2. The van der Waals surface area contributed by atoms with Crippen molar-refractivity contribution in [1.29, 1.82) is 0 Å². The van der Waals surface area contributed by atoms with Crippen LogP contribution in [0.25, 0.3) is 0 Å². The first-order valence-corrected chi connectivity index (χ1v) is 33.9. The van der Waals surface area contributed by atoms with Crippen molar-refractivity contribution in [3.63, 3.8) is 0 Å². The van der Waals surface area contributed by atoms with E-state index >= 15 is 0 Å². The molecule has 0 radical (unpaired) electrons. The fourth-order valence-electron chi connectivity index (χ4n) is 10.7. The Bertz CT molecular complexity index is 2460. The maximum Gasteiger partial charge on any atom is 0.326 e. The maximum absolute atomic E-state index is 14.9. The van der Waals surface area contributed by atoms with Gasteiger partial charge < -0.3 is 97.8 Å². The first-order valence-electron chi connectivity index (χ1n) is 33.3. The second kappa shape index (κ2) is 46.6. The van der Waals surface area contributed by atoms with Crippen molar-refractivity contribution in [1.82, 2.24) is 49.8 Å². The van der Waals surface area contributed by atoms with Gasteiger partial charge in [-0.25, -0.2) is 4.79 Å². The fourth-order valence-corrected chi connectivity index (χ4v) is 11.0. The summed E-state index contributed by atoms with van der Waals surface area (Å²) in [5.74, 6) is -4.90. The molecule has 2 aliphatic rings. The number of carboxylic acids is 1. The number of rotatable bonds is 50. The maximum atomic E-state index is 14.9. The molecule has 13 N–H and O–H groups in total. The van der Waals surface area contributed by atoms with Crippen LogP contribution in [0.3, 0.4) is 0 Å². The van der Waals surface area contributed by atoms with Crippen molar-refractivity contribution in [2.75, 3.05) is 157 Å². The Morgan fingerprint density at radius 3 is 1.45 bits per heavy atom. The molecule has 30 heteroatoms. The molecule has 1 unspecified atom stereocenters. The largest absolute Gasteiger partial charge is 0.480 e. The Labute approximate surface area is 555 Å². The van der Waals surface area contributed by atoms with Gasteiger partial charge in [-0.05, 0) is 152 Å². The van der Waals surface area contributed by atoms with Gasteiger partial charge in [0.25, 0.3) is 0 Å². The van der Waals surface area contributed by atoms with Crippen LogP contribution in [0, 0.1) is 5.92 Å². The Hall–Kier alpha value is -6.41. The van der Waals surface area contributed by atoms with E-state index < -0.39 is 98.5 Å². The van der Waals surface area contributed by atoms with Crippen LogP contribution >= 0.6 is 12.6 Å². The molecule has 1 aromatic rings. The van der Waals surface area contributed by atoms with E-state index in [-0.39, 0.29) is 109 Å². The van der Waals surface area contributed by atoms with E-state index in [1.807, 2.05) is 26.0 Å². The molecule has 528 valence electrons. The number of nitrogens with zero attached hydrogens (tertiary/aromatic N) is 8. The van der Waals surface area contributed by atoms with E-state index in [1.165, 1.54) is 34.3 Å². The van der Waals surface area contributed by atoms with E-state index in [9.17, 15) is 53.1 Å². The lowest BCUT2D eigenvalue weighted by atomic mass is 9.94. The molecule has 0 aromatic heterocycles.